The third-order valence-corrected chi connectivity index (χ3v) is 1.67. The van der Waals surface area contributed by atoms with E-state index in [1.807, 2.05) is 0 Å². The van der Waals surface area contributed by atoms with E-state index in [9.17, 15) is 4.39 Å². The molecule has 0 aliphatic rings. The van der Waals surface area contributed by atoms with Crippen molar-refractivity contribution in [1.29, 1.82) is 5.26 Å². The van der Waals surface area contributed by atoms with Gasteiger partial charge in [0.2, 0.25) is 0 Å². The van der Waals surface area contributed by atoms with Gasteiger partial charge in [-0.05, 0) is 12.1 Å². The van der Waals surface area contributed by atoms with Crippen LogP contribution in [0.3, 0.4) is 0 Å². The second kappa shape index (κ2) is 2.31. The summed E-state index contributed by atoms with van der Waals surface area (Å²) in [5.74, 6) is -0.510. The fourth-order valence-electron chi connectivity index (χ4n) is 1.07. The fraction of sp³-hybridized carbons (Fsp3) is 0. The number of aromatic amines is 1. The van der Waals surface area contributed by atoms with Crippen molar-refractivity contribution in [3.63, 3.8) is 0 Å². The molecule has 0 saturated heterocycles. The molecule has 0 aliphatic heterocycles. The number of aromatic nitrogens is 2. The van der Waals surface area contributed by atoms with Crippen molar-refractivity contribution < 1.29 is 4.39 Å². The molecule has 0 spiro atoms. The normalized spacial score (nSPS) is 10.0. The summed E-state index contributed by atoms with van der Waals surface area (Å²) in [5.41, 5.74) is 0.579. The fourth-order valence-corrected chi connectivity index (χ4v) is 1.07. The molecule has 0 unspecified atom stereocenters. The molecule has 2 aromatic rings. The minimum Gasteiger partial charge on any atom is -0.284 e. The smallest absolute Gasteiger partial charge is 0.151 e. The highest BCUT2D eigenvalue weighted by molar-refractivity contribution is 5.80. The molecule has 1 N–H and O–H groups in total. The Labute approximate surface area is 67.4 Å². The Morgan fingerprint density at radius 3 is 3.08 bits per heavy atom. The number of nitrogens with one attached hydrogen (secondary N) is 1. The lowest BCUT2D eigenvalue weighted by Crippen LogP contribution is -1.82. The Morgan fingerprint density at radius 1 is 1.50 bits per heavy atom. The number of H-pyrrole nitrogens is 1. The van der Waals surface area contributed by atoms with Gasteiger partial charge in [0.15, 0.2) is 5.82 Å². The van der Waals surface area contributed by atoms with Crippen LogP contribution in [0.2, 0.25) is 0 Å². The van der Waals surface area contributed by atoms with Gasteiger partial charge in [0.05, 0.1) is 16.5 Å². The van der Waals surface area contributed by atoms with Crippen LogP contribution >= 0.6 is 0 Å². The predicted molar refractivity (Wildman–Crippen MR) is 40.8 cm³/mol. The second-order valence-electron chi connectivity index (χ2n) is 2.36. The maximum absolute atomic E-state index is 13.2. The lowest BCUT2D eigenvalue weighted by atomic mass is 10.1. The summed E-state index contributed by atoms with van der Waals surface area (Å²) >= 11 is 0. The monoisotopic (exact) mass is 161 g/mol. The molecule has 0 fully saturated rings. The molecule has 0 atom stereocenters. The highest BCUT2D eigenvalue weighted by Crippen LogP contribution is 2.17. The van der Waals surface area contributed by atoms with Crippen LogP contribution in [0, 0.1) is 17.1 Å². The van der Waals surface area contributed by atoms with Crippen LogP contribution in [0.25, 0.3) is 10.9 Å². The molecule has 0 amide bonds. The van der Waals surface area contributed by atoms with Gasteiger partial charge in [0.1, 0.15) is 6.07 Å². The van der Waals surface area contributed by atoms with Gasteiger partial charge in [-0.25, -0.2) is 4.39 Å². The average molecular weight is 161 g/mol. The molecule has 58 valence electrons. The molecule has 1 aromatic heterocycles. The van der Waals surface area contributed by atoms with Crippen LogP contribution in [0.1, 0.15) is 5.56 Å². The lowest BCUT2D eigenvalue weighted by Gasteiger charge is -1.91. The van der Waals surface area contributed by atoms with Crippen LogP contribution in [0.5, 0.6) is 0 Å². The Hall–Kier alpha value is -1.89. The van der Waals surface area contributed by atoms with E-state index in [1.165, 1.54) is 12.3 Å². The number of hydrogen-bond donors (Lipinski definition) is 1. The molecule has 12 heavy (non-hydrogen) atoms. The summed E-state index contributed by atoms with van der Waals surface area (Å²) < 4.78 is 13.2. The zero-order chi connectivity index (χ0) is 8.55. The van der Waals surface area contributed by atoms with Crippen LogP contribution in [-0.4, -0.2) is 10.2 Å². The minimum atomic E-state index is -0.510. The molecular weight excluding hydrogens is 157 g/mol. The van der Waals surface area contributed by atoms with E-state index in [0.717, 1.165) is 0 Å². The van der Waals surface area contributed by atoms with Gasteiger partial charge in [-0.15, -0.1) is 0 Å². The van der Waals surface area contributed by atoms with Crippen LogP contribution in [0.15, 0.2) is 18.3 Å². The number of nitrogens with zero attached hydrogens (tertiary/aromatic N) is 2. The number of rotatable bonds is 0. The van der Waals surface area contributed by atoms with Crippen molar-refractivity contribution >= 4 is 10.9 Å². The topological polar surface area (TPSA) is 52.5 Å². The van der Waals surface area contributed by atoms with Crippen LogP contribution in [-0.2, 0) is 0 Å². The van der Waals surface area contributed by atoms with Crippen molar-refractivity contribution in [3.05, 3.63) is 29.7 Å². The molecule has 2 rings (SSSR count). The van der Waals surface area contributed by atoms with E-state index >= 15 is 0 Å². The first-order valence-corrected chi connectivity index (χ1v) is 3.35. The molecule has 0 saturated carbocycles. The van der Waals surface area contributed by atoms with Gasteiger partial charge < -0.3 is 0 Å². The number of fused-ring (bicyclic) bond motifs is 1. The highest BCUT2D eigenvalue weighted by Gasteiger charge is 2.07. The second-order valence-corrected chi connectivity index (χ2v) is 2.36. The Balaban J connectivity index is 2.89. The minimum absolute atomic E-state index is 0.0453. The van der Waals surface area contributed by atoms with E-state index in [1.54, 1.807) is 12.1 Å². The molecule has 1 heterocycles. The summed E-state index contributed by atoms with van der Waals surface area (Å²) in [7, 11) is 0. The third-order valence-electron chi connectivity index (χ3n) is 1.67. The van der Waals surface area contributed by atoms with E-state index in [-0.39, 0.29) is 5.56 Å². The van der Waals surface area contributed by atoms with Crippen molar-refractivity contribution in [1.82, 2.24) is 10.2 Å². The van der Waals surface area contributed by atoms with Crippen molar-refractivity contribution in [3.8, 4) is 6.07 Å². The van der Waals surface area contributed by atoms with Gasteiger partial charge >= 0.3 is 0 Å². The zero-order valence-corrected chi connectivity index (χ0v) is 6.00. The molecule has 0 radical (unpaired) electrons. The van der Waals surface area contributed by atoms with Crippen molar-refractivity contribution in [2.75, 3.05) is 0 Å². The maximum Gasteiger partial charge on any atom is 0.151 e. The molecule has 4 heteroatoms. The summed E-state index contributed by atoms with van der Waals surface area (Å²) in [6.45, 7) is 0. The van der Waals surface area contributed by atoms with Gasteiger partial charge in [0.25, 0.3) is 0 Å². The summed E-state index contributed by atoms with van der Waals surface area (Å²) in [4.78, 5) is 0. The summed E-state index contributed by atoms with van der Waals surface area (Å²) in [5, 5.41) is 15.2. The summed E-state index contributed by atoms with van der Waals surface area (Å²) in [6, 6.07) is 4.78. The van der Waals surface area contributed by atoms with Crippen molar-refractivity contribution in [2.24, 2.45) is 0 Å². The Bertz CT molecular complexity index is 467. The number of nitriles is 1. The average Bonchev–Trinajstić information content (AvgIpc) is 2.53. The predicted octanol–water partition coefficient (Wildman–Crippen LogP) is 1.57. The molecular formula is C8H4FN3. The SMILES string of the molecule is N#Cc1ccc2n[nH]cc2c1F. The third kappa shape index (κ3) is 0.768. The number of hydrogen-bond acceptors (Lipinski definition) is 2. The quantitative estimate of drug-likeness (QED) is 0.637. The first kappa shape index (κ1) is 6.80. The Morgan fingerprint density at radius 2 is 2.33 bits per heavy atom. The van der Waals surface area contributed by atoms with Gasteiger partial charge in [-0.1, -0.05) is 0 Å². The van der Waals surface area contributed by atoms with E-state index in [2.05, 4.69) is 10.2 Å². The first-order chi connectivity index (χ1) is 5.83. The van der Waals surface area contributed by atoms with Gasteiger partial charge in [0, 0.05) is 6.20 Å². The van der Waals surface area contributed by atoms with Crippen LogP contribution < -0.4 is 0 Å². The standard InChI is InChI=1S/C8H4FN3/c9-8-5(3-10)1-2-7-6(8)4-11-12-7/h1-2,4H,(H,11,12). The molecule has 0 aliphatic carbocycles. The lowest BCUT2D eigenvalue weighted by molar-refractivity contribution is 0.636. The van der Waals surface area contributed by atoms with E-state index < -0.39 is 5.82 Å². The molecule has 3 nitrogen and oxygen atoms in total. The van der Waals surface area contributed by atoms with Gasteiger partial charge in [-0.2, -0.15) is 10.4 Å². The van der Waals surface area contributed by atoms with Gasteiger partial charge in [-0.3, -0.25) is 5.10 Å². The number of halogens is 1. The van der Waals surface area contributed by atoms with Crippen molar-refractivity contribution in [2.45, 2.75) is 0 Å². The summed E-state index contributed by atoms with van der Waals surface area (Å²) in [6.07, 6.45) is 1.44. The molecule has 1 aromatic carbocycles. The molecule has 0 bridgehead atoms. The van der Waals surface area contributed by atoms with E-state index in [0.29, 0.717) is 10.9 Å². The maximum atomic E-state index is 13.2. The van der Waals surface area contributed by atoms with E-state index in [4.69, 9.17) is 5.26 Å². The first-order valence-electron chi connectivity index (χ1n) is 3.35. The largest absolute Gasteiger partial charge is 0.284 e. The highest BCUT2D eigenvalue weighted by atomic mass is 19.1. The Kier molecular flexibility index (Phi) is 1.31. The zero-order valence-electron chi connectivity index (χ0n) is 6.00. The van der Waals surface area contributed by atoms with Crippen LogP contribution in [0.4, 0.5) is 4.39 Å². The number of benzene rings is 1.